The van der Waals surface area contributed by atoms with Crippen LogP contribution in [0.3, 0.4) is 0 Å². The summed E-state index contributed by atoms with van der Waals surface area (Å²) in [6.45, 7) is 6.83. The van der Waals surface area contributed by atoms with Crippen molar-refractivity contribution in [2.75, 3.05) is 0 Å². The number of benzene rings is 2. The molecule has 6 heteroatoms. The number of alkyl halides is 3. The number of aliphatic hydroxyl groups is 1. The number of halogens is 4. The molecule has 2 aromatic carbocycles. The lowest BCUT2D eigenvalue weighted by Crippen LogP contribution is -2.39. The molecular formula is C20H22ClF3O2. The highest BCUT2D eigenvalue weighted by Gasteiger charge is 2.44. The summed E-state index contributed by atoms with van der Waals surface area (Å²) in [4.78, 5) is 0. The average molecular weight is 387 g/mol. The molecule has 0 spiro atoms. The maximum Gasteiger partial charge on any atom is 0.416 e. The second kappa shape index (κ2) is 7.49. The topological polar surface area (TPSA) is 29.5 Å². The maximum atomic E-state index is 13.7. The van der Waals surface area contributed by atoms with Gasteiger partial charge in [-0.3, -0.25) is 0 Å². The predicted molar refractivity (Wildman–Crippen MR) is 96.5 cm³/mol. The van der Waals surface area contributed by atoms with Gasteiger partial charge in [-0.05, 0) is 53.8 Å². The van der Waals surface area contributed by atoms with Crippen LogP contribution in [0.2, 0.25) is 5.02 Å². The largest absolute Gasteiger partial charge is 0.457 e. The Morgan fingerprint density at radius 1 is 0.846 bits per heavy atom. The lowest BCUT2D eigenvalue weighted by atomic mass is 9.73. The molecule has 142 valence electrons. The number of ether oxygens (including phenoxy) is 1. The van der Waals surface area contributed by atoms with Crippen LogP contribution < -0.4 is 4.74 Å². The summed E-state index contributed by atoms with van der Waals surface area (Å²) < 4.78 is 46.6. The van der Waals surface area contributed by atoms with E-state index in [1.165, 1.54) is 12.1 Å². The number of hydrogen-bond donors (Lipinski definition) is 1. The molecular weight excluding hydrogens is 365 g/mol. The average Bonchev–Trinajstić information content (AvgIpc) is 2.55. The summed E-state index contributed by atoms with van der Waals surface area (Å²) in [6.07, 6.45) is -4.62. The number of rotatable bonds is 5. The van der Waals surface area contributed by atoms with Crippen LogP contribution in [0.1, 0.15) is 38.8 Å². The van der Waals surface area contributed by atoms with Crippen LogP contribution in [0.4, 0.5) is 13.2 Å². The standard InChI is InChI=1S/C20H22ClF3O2/c1-12(2)19(25,13(3)4)17-10-9-16(11-18(17)20(22,23)24)26-15-7-5-14(21)6-8-15/h5-13,25H,1-4H3. The van der Waals surface area contributed by atoms with Gasteiger partial charge in [0, 0.05) is 5.02 Å². The van der Waals surface area contributed by atoms with Crippen molar-refractivity contribution in [2.45, 2.75) is 39.5 Å². The molecule has 0 aliphatic heterocycles. The monoisotopic (exact) mass is 386 g/mol. The van der Waals surface area contributed by atoms with E-state index in [9.17, 15) is 18.3 Å². The Morgan fingerprint density at radius 2 is 1.35 bits per heavy atom. The molecule has 0 bridgehead atoms. The van der Waals surface area contributed by atoms with E-state index in [1.54, 1.807) is 52.0 Å². The summed E-state index contributed by atoms with van der Waals surface area (Å²) in [6, 6.07) is 9.99. The van der Waals surface area contributed by atoms with Crippen LogP contribution in [-0.2, 0) is 11.8 Å². The van der Waals surface area contributed by atoms with Gasteiger partial charge in [-0.15, -0.1) is 0 Å². The smallest absolute Gasteiger partial charge is 0.416 e. The first-order valence-electron chi connectivity index (χ1n) is 8.33. The van der Waals surface area contributed by atoms with Crippen molar-refractivity contribution in [3.05, 3.63) is 58.6 Å². The van der Waals surface area contributed by atoms with Gasteiger partial charge >= 0.3 is 6.18 Å². The molecule has 0 radical (unpaired) electrons. The zero-order valence-electron chi connectivity index (χ0n) is 15.1. The first kappa shape index (κ1) is 20.6. The molecule has 2 aromatic rings. The summed E-state index contributed by atoms with van der Waals surface area (Å²) >= 11 is 5.80. The van der Waals surface area contributed by atoms with Crippen LogP contribution in [0.15, 0.2) is 42.5 Å². The lowest BCUT2D eigenvalue weighted by Gasteiger charge is -2.38. The molecule has 2 nitrogen and oxygen atoms in total. The molecule has 0 saturated carbocycles. The second-order valence-electron chi connectivity index (χ2n) is 6.90. The summed E-state index contributed by atoms with van der Waals surface area (Å²) in [7, 11) is 0. The van der Waals surface area contributed by atoms with Crippen molar-refractivity contribution in [3.63, 3.8) is 0 Å². The third-order valence-electron chi connectivity index (χ3n) is 4.54. The fraction of sp³-hybridized carbons (Fsp3) is 0.400. The van der Waals surface area contributed by atoms with E-state index in [1.807, 2.05) is 0 Å². The van der Waals surface area contributed by atoms with Crippen LogP contribution in [-0.4, -0.2) is 5.11 Å². The first-order valence-corrected chi connectivity index (χ1v) is 8.71. The Hall–Kier alpha value is -1.72. The fourth-order valence-electron chi connectivity index (χ4n) is 3.10. The molecule has 1 N–H and O–H groups in total. The van der Waals surface area contributed by atoms with Gasteiger partial charge in [-0.25, -0.2) is 0 Å². The lowest BCUT2D eigenvalue weighted by molar-refractivity contribution is -0.143. The van der Waals surface area contributed by atoms with Crippen LogP contribution >= 0.6 is 11.6 Å². The summed E-state index contributed by atoms with van der Waals surface area (Å²) in [5.74, 6) is -0.380. The minimum Gasteiger partial charge on any atom is -0.457 e. The third kappa shape index (κ3) is 4.15. The van der Waals surface area contributed by atoms with Crippen molar-refractivity contribution in [1.82, 2.24) is 0 Å². The molecule has 0 aromatic heterocycles. The predicted octanol–water partition coefficient (Wildman–Crippen LogP) is 6.65. The quantitative estimate of drug-likeness (QED) is 0.623. The molecule has 0 aliphatic rings. The Balaban J connectivity index is 2.53. The van der Waals surface area contributed by atoms with Crippen LogP contribution in [0.5, 0.6) is 11.5 Å². The zero-order chi connectivity index (χ0) is 19.7. The van der Waals surface area contributed by atoms with E-state index in [-0.39, 0.29) is 11.3 Å². The van der Waals surface area contributed by atoms with Crippen molar-refractivity contribution in [2.24, 2.45) is 11.8 Å². The van der Waals surface area contributed by atoms with Gasteiger partial charge in [0.05, 0.1) is 11.2 Å². The SMILES string of the molecule is CC(C)C(O)(c1ccc(Oc2ccc(Cl)cc2)cc1C(F)(F)F)C(C)C. The molecule has 0 fully saturated rings. The highest BCUT2D eigenvalue weighted by Crippen LogP contribution is 2.45. The normalized spacial score (nSPS) is 12.7. The van der Waals surface area contributed by atoms with E-state index in [0.29, 0.717) is 10.8 Å². The van der Waals surface area contributed by atoms with Crippen molar-refractivity contribution >= 4 is 11.6 Å². The van der Waals surface area contributed by atoms with Crippen molar-refractivity contribution < 1.29 is 23.0 Å². The maximum absolute atomic E-state index is 13.7. The Labute approximate surface area is 156 Å². The first-order chi connectivity index (χ1) is 12.0. The molecule has 0 aliphatic carbocycles. The molecule has 2 rings (SSSR count). The Kier molecular flexibility index (Phi) is 5.93. The van der Waals surface area contributed by atoms with Crippen molar-refractivity contribution in [3.8, 4) is 11.5 Å². The second-order valence-corrected chi connectivity index (χ2v) is 7.33. The van der Waals surface area contributed by atoms with E-state index in [4.69, 9.17) is 16.3 Å². The van der Waals surface area contributed by atoms with Gasteiger partial charge in [0.15, 0.2) is 0 Å². The van der Waals surface area contributed by atoms with E-state index in [2.05, 4.69) is 0 Å². The molecule has 26 heavy (non-hydrogen) atoms. The third-order valence-corrected chi connectivity index (χ3v) is 4.79. The van der Waals surface area contributed by atoms with Gasteiger partial charge in [-0.2, -0.15) is 13.2 Å². The molecule has 0 atom stereocenters. The van der Waals surface area contributed by atoms with Gasteiger partial charge in [0.2, 0.25) is 0 Å². The highest BCUT2D eigenvalue weighted by molar-refractivity contribution is 6.30. The fourth-order valence-corrected chi connectivity index (χ4v) is 3.22. The molecule has 0 saturated heterocycles. The molecule has 0 heterocycles. The van der Waals surface area contributed by atoms with E-state index < -0.39 is 29.2 Å². The highest BCUT2D eigenvalue weighted by atomic mass is 35.5. The molecule has 0 unspecified atom stereocenters. The summed E-state index contributed by atoms with van der Waals surface area (Å²) in [5.41, 5.74) is -2.64. The van der Waals surface area contributed by atoms with Gasteiger partial charge in [0.25, 0.3) is 0 Å². The Morgan fingerprint density at radius 3 is 1.81 bits per heavy atom. The summed E-state index contributed by atoms with van der Waals surface area (Å²) in [5, 5.41) is 11.5. The minimum atomic E-state index is -4.62. The van der Waals surface area contributed by atoms with Crippen LogP contribution in [0.25, 0.3) is 0 Å². The minimum absolute atomic E-state index is 0.0401. The van der Waals surface area contributed by atoms with Gasteiger partial charge in [0.1, 0.15) is 11.5 Å². The number of hydrogen-bond acceptors (Lipinski definition) is 2. The van der Waals surface area contributed by atoms with Gasteiger partial charge in [-0.1, -0.05) is 45.4 Å². The molecule has 0 amide bonds. The van der Waals surface area contributed by atoms with E-state index >= 15 is 0 Å². The van der Waals surface area contributed by atoms with Crippen LogP contribution in [0, 0.1) is 11.8 Å². The zero-order valence-corrected chi connectivity index (χ0v) is 15.8. The van der Waals surface area contributed by atoms with E-state index in [0.717, 1.165) is 6.07 Å². The Bertz CT molecular complexity index is 745. The van der Waals surface area contributed by atoms with Crippen molar-refractivity contribution in [1.29, 1.82) is 0 Å². The van der Waals surface area contributed by atoms with Gasteiger partial charge < -0.3 is 9.84 Å².